The standard InChI is InChI=1S/C16H14ClN3O/c1-10-2-5-12(9-14(10)18)16-19-15(20-21-16)8-11-3-6-13(17)7-4-11/h2-7,9H,8,18H2,1H3. The van der Waals surface area contributed by atoms with Crippen LogP contribution in [0.15, 0.2) is 47.0 Å². The molecule has 106 valence electrons. The number of halogens is 1. The normalized spacial score (nSPS) is 10.8. The van der Waals surface area contributed by atoms with E-state index in [4.69, 9.17) is 21.9 Å². The highest BCUT2D eigenvalue weighted by molar-refractivity contribution is 6.30. The van der Waals surface area contributed by atoms with Gasteiger partial charge in [0.25, 0.3) is 5.89 Å². The van der Waals surface area contributed by atoms with Crippen molar-refractivity contribution in [1.82, 2.24) is 10.1 Å². The van der Waals surface area contributed by atoms with Crippen molar-refractivity contribution in [3.05, 3.63) is 64.4 Å². The monoisotopic (exact) mass is 299 g/mol. The third-order valence-corrected chi connectivity index (χ3v) is 3.52. The van der Waals surface area contributed by atoms with Crippen LogP contribution >= 0.6 is 11.6 Å². The first kappa shape index (κ1) is 13.6. The van der Waals surface area contributed by atoms with E-state index in [2.05, 4.69) is 10.1 Å². The second-order valence-electron chi connectivity index (χ2n) is 4.89. The number of nitrogens with two attached hydrogens (primary N) is 1. The van der Waals surface area contributed by atoms with Gasteiger partial charge in [0.05, 0.1) is 0 Å². The molecule has 0 atom stereocenters. The van der Waals surface area contributed by atoms with Gasteiger partial charge in [-0.2, -0.15) is 4.98 Å². The molecule has 3 aromatic rings. The summed E-state index contributed by atoms with van der Waals surface area (Å²) in [5.41, 5.74) is 9.55. The van der Waals surface area contributed by atoms with E-state index in [1.54, 1.807) is 0 Å². The van der Waals surface area contributed by atoms with Crippen LogP contribution in [0.4, 0.5) is 5.69 Å². The fraction of sp³-hybridized carbons (Fsp3) is 0.125. The topological polar surface area (TPSA) is 64.9 Å². The van der Waals surface area contributed by atoms with Crippen molar-refractivity contribution in [2.45, 2.75) is 13.3 Å². The van der Waals surface area contributed by atoms with E-state index >= 15 is 0 Å². The van der Waals surface area contributed by atoms with Crippen LogP contribution in [0.5, 0.6) is 0 Å². The summed E-state index contributed by atoms with van der Waals surface area (Å²) in [5, 5.41) is 4.71. The zero-order valence-electron chi connectivity index (χ0n) is 11.5. The van der Waals surface area contributed by atoms with Crippen molar-refractivity contribution in [2.24, 2.45) is 0 Å². The smallest absolute Gasteiger partial charge is 0.258 e. The molecule has 0 aliphatic carbocycles. The Morgan fingerprint density at radius 2 is 1.90 bits per heavy atom. The Balaban J connectivity index is 1.82. The van der Waals surface area contributed by atoms with Crippen molar-refractivity contribution in [1.29, 1.82) is 0 Å². The third kappa shape index (κ3) is 3.06. The van der Waals surface area contributed by atoms with Gasteiger partial charge in [-0.15, -0.1) is 0 Å². The average molecular weight is 300 g/mol. The lowest BCUT2D eigenvalue weighted by molar-refractivity contribution is 0.424. The first-order valence-corrected chi connectivity index (χ1v) is 6.93. The van der Waals surface area contributed by atoms with Gasteiger partial charge in [0.1, 0.15) is 0 Å². The highest BCUT2D eigenvalue weighted by Crippen LogP contribution is 2.22. The van der Waals surface area contributed by atoms with E-state index in [0.29, 0.717) is 28.8 Å². The molecule has 5 heteroatoms. The minimum atomic E-state index is 0.477. The second kappa shape index (κ2) is 5.58. The largest absolute Gasteiger partial charge is 0.398 e. The number of aromatic nitrogens is 2. The molecule has 0 spiro atoms. The molecule has 0 amide bonds. The highest BCUT2D eigenvalue weighted by atomic mass is 35.5. The van der Waals surface area contributed by atoms with Gasteiger partial charge < -0.3 is 10.3 Å². The summed E-state index contributed by atoms with van der Waals surface area (Å²) in [7, 11) is 0. The number of anilines is 1. The van der Waals surface area contributed by atoms with Crippen LogP contribution in [-0.2, 0) is 6.42 Å². The average Bonchev–Trinajstić information content (AvgIpc) is 2.93. The number of aryl methyl sites for hydroxylation is 1. The molecule has 4 nitrogen and oxygen atoms in total. The molecule has 1 aromatic heterocycles. The predicted octanol–water partition coefficient (Wildman–Crippen LogP) is 3.87. The Morgan fingerprint density at radius 1 is 1.14 bits per heavy atom. The van der Waals surface area contributed by atoms with Gasteiger partial charge in [0.2, 0.25) is 0 Å². The van der Waals surface area contributed by atoms with E-state index in [0.717, 1.165) is 16.7 Å². The molecule has 0 aliphatic rings. The quantitative estimate of drug-likeness (QED) is 0.746. The molecule has 0 saturated heterocycles. The third-order valence-electron chi connectivity index (χ3n) is 3.27. The van der Waals surface area contributed by atoms with E-state index < -0.39 is 0 Å². The van der Waals surface area contributed by atoms with Gasteiger partial charge in [-0.25, -0.2) is 0 Å². The lowest BCUT2D eigenvalue weighted by Gasteiger charge is -2.00. The van der Waals surface area contributed by atoms with Gasteiger partial charge in [-0.1, -0.05) is 35.0 Å². The van der Waals surface area contributed by atoms with Crippen LogP contribution in [0, 0.1) is 6.92 Å². The maximum atomic E-state index is 5.90. The van der Waals surface area contributed by atoms with Crippen LogP contribution in [0.3, 0.4) is 0 Å². The minimum Gasteiger partial charge on any atom is -0.398 e. The Labute approximate surface area is 127 Å². The first-order chi connectivity index (χ1) is 10.1. The van der Waals surface area contributed by atoms with E-state index in [1.165, 1.54) is 0 Å². The van der Waals surface area contributed by atoms with Gasteiger partial charge in [-0.3, -0.25) is 0 Å². The highest BCUT2D eigenvalue weighted by Gasteiger charge is 2.10. The second-order valence-corrected chi connectivity index (χ2v) is 5.33. The molecule has 0 bridgehead atoms. The Morgan fingerprint density at radius 3 is 2.62 bits per heavy atom. The minimum absolute atomic E-state index is 0.477. The Hall–Kier alpha value is -2.33. The summed E-state index contributed by atoms with van der Waals surface area (Å²) in [5.74, 6) is 1.11. The number of hydrogen-bond acceptors (Lipinski definition) is 4. The Bertz CT molecular complexity index is 765. The number of nitrogen functional groups attached to an aromatic ring is 1. The van der Waals surface area contributed by atoms with Gasteiger partial charge in [-0.05, 0) is 42.3 Å². The van der Waals surface area contributed by atoms with Gasteiger partial charge in [0.15, 0.2) is 5.82 Å². The van der Waals surface area contributed by atoms with Crippen molar-refractivity contribution in [3.8, 4) is 11.5 Å². The molecule has 0 radical (unpaired) electrons. The number of rotatable bonds is 3. The summed E-state index contributed by atoms with van der Waals surface area (Å²) in [6.07, 6.45) is 0.599. The molecule has 0 aliphatic heterocycles. The zero-order valence-corrected chi connectivity index (χ0v) is 12.3. The fourth-order valence-corrected chi connectivity index (χ4v) is 2.13. The lowest BCUT2D eigenvalue weighted by Crippen LogP contribution is -1.91. The fourth-order valence-electron chi connectivity index (χ4n) is 2.00. The molecular weight excluding hydrogens is 286 g/mol. The first-order valence-electron chi connectivity index (χ1n) is 6.55. The molecule has 0 fully saturated rings. The predicted molar refractivity (Wildman–Crippen MR) is 83.1 cm³/mol. The molecule has 2 N–H and O–H groups in total. The van der Waals surface area contributed by atoms with Crippen molar-refractivity contribution in [3.63, 3.8) is 0 Å². The number of nitrogens with zero attached hydrogens (tertiary/aromatic N) is 2. The molecule has 1 heterocycles. The summed E-state index contributed by atoms with van der Waals surface area (Å²) >= 11 is 5.86. The van der Waals surface area contributed by atoms with Crippen LogP contribution < -0.4 is 5.73 Å². The SMILES string of the molecule is Cc1ccc(-c2nc(Cc3ccc(Cl)cc3)no2)cc1N. The van der Waals surface area contributed by atoms with Crippen LogP contribution in [0.25, 0.3) is 11.5 Å². The number of benzene rings is 2. The summed E-state index contributed by atoms with van der Waals surface area (Å²) in [4.78, 5) is 4.40. The zero-order chi connectivity index (χ0) is 14.8. The number of hydrogen-bond donors (Lipinski definition) is 1. The summed E-state index contributed by atoms with van der Waals surface area (Å²) in [6, 6.07) is 13.3. The van der Waals surface area contributed by atoms with Crippen LogP contribution in [0.1, 0.15) is 17.0 Å². The van der Waals surface area contributed by atoms with Crippen molar-refractivity contribution in [2.75, 3.05) is 5.73 Å². The van der Waals surface area contributed by atoms with Gasteiger partial charge >= 0.3 is 0 Å². The lowest BCUT2D eigenvalue weighted by atomic mass is 10.1. The van der Waals surface area contributed by atoms with Gasteiger partial charge in [0, 0.05) is 22.7 Å². The molecule has 0 unspecified atom stereocenters. The molecule has 2 aromatic carbocycles. The summed E-state index contributed by atoms with van der Waals surface area (Å²) in [6.45, 7) is 1.96. The molecule has 21 heavy (non-hydrogen) atoms. The van der Waals surface area contributed by atoms with Crippen LogP contribution in [0.2, 0.25) is 5.02 Å². The molecular formula is C16H14ClN3O. The van der Waals surface area contributed by atoms with E-state index in [-0.39, 0.29) is 0 Å². The molecule has 3 rings (SSSR count). The summed E-state index contributed by atoms with van der Waals surface area (Å²) < 4.78 is 5.30. The molecule has 0 saturated carbocycles. The van der Waals surface area contributed by atoms with Crippen molar-refractivity contribution >= 4 is 17.3 Å². The Kier molecular flexibility index (Phi) is 3.62. The maximum absolute atomic E-state index is 5.90. The van der Waals surface area contributed by atoms with Crippen LogP contribution in [-0.4, -0.2) is 10.1 Å². The van der Waals surface area contributed by atoms with Crippen molar-refractivity contribution < 1.29 is 4.52 Å². The maximum Gasteiger partial charge on any atom is 0.258 e. The van der Waals surface area contributed by atoms with E-state index in [1.807, 2.05) is 49.4 Å². The van der Waals surface area contributed by atoms with E-state index in [9.17, 15) is 0 Å².